The van der Waals surface area contributed by atoms with Gasteiger partial charge < -0.3 is 4.90 Å². The number of nitrogens with one attached hydrogen (secondary N) is 2. The Labute approximate surface area is 159 Å². The summed E-state index contributed by atoms with van der Waals surface area (Å²) < 4.78 is 0.797. The van der Waals surface area contributed by atoms with Crippen LogP contribution in [0, 0.1) is 5.92 Å². The summed E-state index contributed by atoms with van der Waals surface area (Å²) in [4.78, 5) is 38.1. The number of hydrogen-bond acceptors (Lipinski definition) is 3. The van der Waals surface area contributed by atoms with Crippen LogP contribution in [0.3, 0.4) is 0 Å². The summed E-state index contributed by atoms with van der Waals surface area (Å²) in [6, 6.07) is 16.6. The van der Waals surface area contributed by atoms with Crippen molar-refractivity contribution in [3.05, 3.63) is 64.6 Å². The molecule has 1 saturated heterocycles. The zero-order chi connectivity index (χ0) is 18.5. The summed E-state index contributed by atoms with van der Waals surface area (Å²) >= 11 is 3.42. The van der Waals surface area contributed by atoms with Crippen LogP contribution in [-0.4, -0.2) is 24.3 Å². The standard InChI is InChI=1S/C19H18BrN3O3/c20-15-8-4-5-9-16(15)23-12-14(11-18(23)25)19(26)22-21-17(24)10-13-6-2-1-3-7-13/h1-9,14H,10-12H2,(H,21,24)(H,22,26). The molecule has 0 spiro atoms. The Kier molecular flexibility index (Phi) is 5.68. The summed E-state index contributed by atoms with van der Waals surface area (Å²) in [5, 5.41) is 0. The highest BCUT2D eigenvalue weighted by Crippen LogP contribution is 2.31. The Morgan fingerprint density at radius 3 is 2.46 bits per heavy atom. The number of benzene rings is 2. The lowest BCUT2D eigenvalue weighted by molar-refractivity contribution is -0.131. The molecule has 1 aliphatic heterocycles. The van der Waals surface area contributed by atoms with Crippen LogP contribution < -0.4 is 15.8 Å². The fraction of sp³-hybridized carbons (Fsp3) is 0.211. The van der Waals surface area contributed by atoms with Crippen LogP contribution in [0.25, 0.3) is 0 Å². The average Bonchev–Trinajstić information content (AvgIpc) is 3.02. The molecule has 7 heteroatoms. The third-order valence-electron chi connectivity index (χ3n) is 4.17. The van der Waals surface area contributed by atoms with Gasteiger partial charge in [0.15, 0.2) is 0 Å². The van der Waals surface area contributed by atoms with Crippen molar-refractivity contribution in [1.82, 2.24) is 10.9 Å². The molecular weight excluding hydrogens is 398 g/mol. The van der Waals surface area contributed by atoms with Crippen LogP contribution in [0.2, 0.25) is 0 Å². The lowest BCUT2D eigenvalue weighted by Crippen LogP contribution is -2.45. The molecule has 134 valence electrons. The van der Waals surface area contributed by atoms with E-state index in [4.69, 9.17) is 0 Å². The molecule has 3 amide bonds. The summed E-state index contributed by atoms with van der Waals surface area (Å²) in [6.07, 6.45) is 0.287. The van der Waals surface area contributed by atoms with E-state index < -0.39 is 5.92 Å². The van der Waals surface area contributed by atoms with E-state index in [2.05, 4.69) is 26.8 Å². The molecule has 2 aromatic carbocycles. The zero-order valence-corrected chi connectivity index (χ0v) is 15.5. The Morgan fingerprint density at radius 1 is 1.04 bits per heavy atom. The van der Waals surface area contributed by atoms with Gasteiger partial charge in [-0.25, -0.2) is 0 Å². The molecule has 0 aliphatic carbocycles. The molecule has 6 nitrogen and oxygen atoms in total. The van der Waals surface area contributed by atoms with E-state index in [1.54, 1.807) is 4.90 Å². The minimum absolute atomic E-state index is 0.113. The smallest absolute Gasteiger partial charge is 0.243 e. The third kappa shape index (κ3) is 4.29. The van der Waals surface area contributed by atoms with Gasteiger partial charge in [-0.15, -0.1) is 0 Å². The second kappa shape index (κ2) is 8.14. The van der Waals surface area contributed by atoms with Crippen LogP contribution in [0.4, 0.5) is 5.69 Å². The van der Waals surface area contributed by atoms with Gasteiger partial charge in [0.2, 0.25) is 17.7 Å². The van der Waals surface area contributed by atoms with Gasteiger partial charge in [0.25, 0.3) is 0 Å². The molecule has 0 radical (unpaired) electrons. The lowest BCUT2D eigenvalue weighted by atomic mass is 10.1. The quantitative estimate of drug-likeness (QED) is 0.751. The predicted molar refractivity (Wildman–Crippen MR) is 101 cm³/mol. The number of carbonyl (C=O) groups excluding carboxylic acids is 3. The van der Waals surface area contributed by atoms with Crippen molar-refractivity contribution in [1.29, 1.82) is 0 Å². The summed E-state index contributed by atoms with van der Waals surface area (Å²) in [7, 11) is 0. The fourth-order valence-electron chi connectivity index (χ4n) is 2.85. The third-order valence-corrected chi connectivity index (χ3v) is 4.84. The topological polar surface area (TPSA) is 78.5 Å². The van der Waals surface area contributed by atoms with Crippen molar-refractivity contribution in [3.8, 4) is 0 Å². The number of nitrogens with zero attached hydrogens (tertiary/aromatic N) is 1. The number of para-hydroxylation sites is 1. The monoisotopic (exact) mass is 415 g/mol. The van der Waals surface area contributed by atoms with Crippen LogP contribution in [0.15, 0.2) is 59.1 Å². The summed E-state index contributed by atoms with van der Waals surface area (Å²) in [6.45, 7) is 0.280. The van der Waals surface area contributed by atoms with Gasteiger partial charge in [0, 0.05) is 17.4 Å². The first-order chi connectivity index (χ1) is 12.5. The first-order valence-electron chi connectivity index (χ1n) is 8.22. The molecule has 1 unspecified atom stereocenters. The van der Waals surface area contributed by atoms with E-state index >= 15 is 0 Å². The second-order valence-electron chi connectivity index (χ2n) is 6.06. The predicted octanol–water partition coefficient (Wildman–Crippen LogP) is 2.19. The molecule has 1 heterocycles. The molecule has 0 bridgehead atoms. The lowest BCUT2D eigenvalue weighted by Gasteiger charge is -2.18. The van der Waals surface area contributed by atoms with Gasteiger partial charge in [-0.2, -0.15) is 0 Å². The number of hydrazine groups is 1. The van der Waals surface area contributed by atoms with E-state index in [0.29, 0.717) is 0 Å². The van der Waals surface area contributed by atoms with Gasteiger partial charge in [0.05, 0.1) is 18.0 Å². The molecule has 2 aromatic rings. The van der Waals surface area contributed by atoms with Crippen molar-refractivity contribution in [3.63, 3.8) is 0 Å². The number of rotatable bonds is 4. The number of halogens is 1. The van der Waals surface area contributed by atoms with Crippen LogP contribution >= 0.6 is 15.9 Å². The van der Waals surface area contributed by atoms with Crippen LogP contribution in [0.5, 0.6) is 0 Å². The fourth-order valence-corrected chi connectivity index (χ4v) is 3.34. The highest BCUT2D eigenvalue weighted by molar-refractivity contribution is 9.10. The first-order valence-corrected chi connectivity index (χ1v) is 9.01. The Balaban J connectivity index is 1.53. The zero-order valence-electron chi connectivity index (χ0n) is 13.9. The molecular formula is C19H18BrN3O3. The molecule has 3 rings (SSSR count). The molecule has 1 fully saturated rings. The van der Waals surface area contributed by atoms with Gasteiger partial charge in [-0.1, -0.05) is 42.5 Å². The van der Waals surface area contributed by atoms with E-state index in [-0.39, 0.29) is 37.1 Å². The van der Waals surface area contributed by atoms with Crippen LogP contribution in [0.1, 0.15) is 12.0 Å². The first kappa shape index (κ1) is 18.1. The number of carbonyl (C=O) groups is 3. The van der Waals surface area contributed by atoms with Crippen molar-refractivity contribution in [2.45, 2.75) is 12.8 Å². The highest BCUT2D eigenvalue weighted by atomic mass is 79.9. The summed E-state index contributed by atoms with van der Waals surface area (Å²) in [5.41, 5.74) is 6.43. The van der Waals surface area contributed by atoms with Crippen molar-refractivity contribution in [2.75, 3.05) is 11.4 Å². The van der Waals surface area contributed by atoms with Gasteiger partial charge in [-0.05, 0) is 33.6 Å². The van der Waals surface area contributed by atoms with E-state index in [1.165, 1.54) is 0 Å². The maximum absolute atomic E-state index is 12.3. The Hall–Kier alpha value is -2.67. The van der Waals surface area contributed by atoms with Crippen molar-refractivity contribution < 1.29 is 14.4 Å². The van der Waals surface area contributed by atoms with Gasteiger partial charge in [0.1, 0.15) is 0 Å². The Morgan fingerprint density at radius 2 is 1.73 bits per heavy atom. The number of hydrogen-bond donors (Lipinski definition) is 2. The second-order valence-corrected chi connectivity index (χ2v) is 6.91. The minimum atomic E-state index is -0.508. The normalized spacial score (nSPS) is 16.4. The maximum atomic E-state index is 12.3. The molecule has 1 aliphatic rings. The number of amides is 3. The minimum Gasteiger partial charge on any atom is -0.310 e. The SMILES string of the molecule is O=C(Cc1ccccc1)NNC(=O)C1CC(=O)N(c2ccccc2Br)C1. The van der Waals surface area contributed by atoms with Crippen molar-refractivity contribution in [2.24, 2.45) is 5.92 Å². The average molecular weight is 416 g/mol. The van der Waals surface area contributed by atoms with Crippen molar-refractivity contribution >= 4 is 39.3 Å². The van der Waals surface area contributed by atoms with Crippen LogP contribution in [-0.2, 0) is 20.8 Å². The van der Waals surface area contributed by atoms with E-state index in [9.17, 15) is 14.4 Å². The van der Waals surface area contributed by atoms with E-state index in [0.717, 1.165) is 15.7 Å². The molecule has 0 saturated carbocycles. The largest absolute Gasteiger partial charge is 0.310 e. The number of anilines is 1. The molecule has 2 N–H and O–H groups in total. The molecule has 26 heavy (non-hydrogen) atoms. The maximum Gasteiger partial charge on any atom is 0.243 e. The van der Waals surface area contributed by atoms with Gasteiger partial charge in [-0.3, -0.25) is 25.2 Å². The highest BCUT2D eigenvalue weighted by Gasteiger charge is 2.35. The molecule has 1 atom stereocenters. The Bertz CT molecular complexity index is 826. The van der Waals surface area contributed by atoms with Gasteiger partial charge >= 0.3 is 0 Å². The summed E-state index contributed by atoms with van der Waals surface area (Å²) in [5.74, 6) is -1.30. The molecule has 0 aromatic heterocycles. The van der Waals surface area contributed by atoms with E-state index in [1.807, 2.05) is 54.6 Å².